The van der Waals surface area contributed by atoms with Gasteiger partial charge in [-0.1, -0.05) is 54.8 Å². The number of alkyl halides is 1. The van der Waals surface area contributed by atoms with Crippen LogP contribution in [-0.2, 0) is 0 Å². The van der Waals surface area contributed by atoms with Gasteiger partial charge in [-0.25, -0.2) is 0 Å². The maximum atomic E-state index is 11.4. The molecule has 0 atom stereocenters. The molecule has 1 rings (SSSR count). The van der Waals surface area contributed by atoms with Crippen molar-refractivity contribution < 1.29 is 9.53 Å². The summed E-state index contributed by atoms with van der Waals surface area (Å²) in [5.74, 6) is 0.861. The number of halogens is 1. The van der Waals surface area contributed by atoms with Crippen molar-refractivity contribution >= 4 is 21.7 Å². The van der Waals surface area contributed by atoms with E-state index in [-0.39, 0.29) is 11.2 Å². The van der Waals surface area contributed by atoms with E-state index in [1.807, 2.05) is 24.3 Å². The van der Waals surface area contributed by atoms with Gasteiger partial charge in [0.15, 0.2) is 5.78 Å². The van der Waals surface area contributed by atoms with Crippen LogP contribution in [0.2, 0.25) is 0 Å². The Labute approximate surface area is 131 Å². The maximum Gasteiger partial charge on any atom is 0.159 e. The van der Waals surface area contributed by atoms with Crippen LogP contribution in [0.4, 0.5) is 0 Å². The van der Waals surface area contributed by atoms with Gasteiger partial charge < -0.3 is 4.74 Å². The van der Waals surface area contributed by atoms with Gasteiger partial charge in [0, 0.05) is 16.3 Å². The summed E-state index contributed by atoms with van der Waals surface area (Å²) in [7, 11) is 0. The van der Waals surface area contributed by atoms with Crippen molar-refractivity contribution in [1.29, 1.82) is 0 Å². The first-order valence-corrected chi connectivity index (χ1v) is 8.49. The molecule has 0 aliphatic carbocycles. The number of rotatable bonds is 9. The largest absolute Gasteiger partial charge is 0.493 e. The molecule has 0 saturated carbocycles. The first-order valence-electron chi connectivity index (χ1n) is 7.36. The lowest BCUT2D eigenvalue weighted by atomic mass is 9.82. The summed E-state index contributed by atoms with van der Waals surface area (Å²) in [6.45, 7) is 6.70. The fourth-order valence-corrected chi connectivity index (χ4v) is 3.27. The zero-order chi connectivity index (χ0) is 15.0. The molecule has 1 aromatic carbocycles. The van der Waals surface area contributed by atoms with Crippen molar-refractivity contribution in [2.24, 2.45) is 5.41 Å². The third-order valence-corrected chi connectivity index (χ3v) is 4.82. The summed E-state index contributed by atoms with van der Waals surface area (Å²) in [4.78, 5) is 11.4. The average molecular weight is 341 g/mol. The van der Waals surface area contributed by atoms with Gasteiger partial charge in [0.1, 0.15) is 5.75 Å². The van der Waals surface area contributed by atoms with Crippen LogP contribution in [0, 0.1) is 5.41 Å². The van der Waals surface area contributed by atoms with Crippen LogP contribution in [0.5, 0.6) is 5.75 Å². The summed E-state index contributed by atoms with van der Waals surface area (Å²) in [5.41, 5.74) is 0.897. The lowest BCUT2D eigenvalue weighted by Gasteiger charge is -2.31. The molecule has 3 heteroatoms. The Morgan fingerprint density at radius 3 is 2.40 bits per heavy atom. The predicted molar refractivity (Wildman–Crippen MR) is 88.0 cm³/mol. The third kappa shape index (κ3) is 4.93. The van der Waals surface area contributed by atoms with Gasteiger partial charge in [-0.05, 0) is 31.9 Å². The minimum atomic E-state index is 0.0734. The molecular formula is C17H25BrO2. The van der Waals surface area contributed by atoms with E-state index in [4.69, 9.17) is 4.74 Å². The number of carbonyl (C=O) groups is 1. The number of Topliss-reactive ketones (excluding diaryl/α,β-unsaturated/α-hetero) is 1. The molecule has 0 spiro atoms. The maximum absolute atomic E-state index is 11.4. The first-order chi connectivity index (χ1) is 9.56. The zero-order valence-corrected chi connectivity index (χ0v) is 14.3. The van der Waals surface area contributed by atoms with E-state index in [0.717, 1.165) is 36.8 Å². The van der Waals surface area contributed by atoms with Gasteiger partial charge in [0.2, 0.25) is 0 Å². The molecule has 20 heavy (non-hydrogen) atoms. The van der Waals surface area contributed by atoms with Gasteiger partial charge in [-0.15, -0.1) is 0 Å². The Kier molecular flexibility index (Phi) is 7.28. The van der Waals surface area contributed by atoms with Crippen LogP contribution >= 0.6 is 15.9 Å². The quantitative estimate of drug-likeness (QED) is 0.453. The van der Waals surface area contributed by atoms with Gasteiger partial charge >= 0.3 is 0 Å². The van der Waals surface area contributed by atoms with Gasteiger partial charge in [0.05, 0.1) is 6.61 Å². The topological polar surface area (TPSA) is 26.3 Å². The molecule has 1 aromatic rings. The van der Waals surface area contributed by atoms with E-state index < -0.39 is 0 Å². The van der Waals surface area contributed by atoms with Crippen molar-refractivity contribution in [3.8, 4) is 5.75 Å². The fourth-order valence-electron chi connectivity index (χ4n) is 2.54. The van der Waals surface area contributed by atoms with Crippen molar-refractivity contribution in [1.82, 2.24) is 0 Å². The Balaban J connectivity index is 2.76. The molecular weight excluding hydrogens is 316 g/mol. The predicted octanol–water partition coefficient (Wildman–Crippen LogP) is 5.25. The second kappa shape index (κ2) is 8.46. The van der Waals surface area contributed by atoms with E-state index >= 15 is 0 Å². The minimum Gasteiger partial charge on any atom is -0.493 e. The second-order valence-corrected chi connectivity index (χ2v) is 6.07. The third-order valence-electron chi connectivity index (χ3n) is 3.63. The fraction of sp³-hybridized carbons (Fsp3) is 0.588. The second-order valence-electron chi connectivity index (χ2n) is 5.51. The number of benzene rings is 1. The number of ketones is 1. The van der Waals surface area contributed by atoms with Crippen molar-refractivity contribution in [3.63, 3.8) is 0 Å². The molecule has 0 fully saturated rings. The highest BCUT2D eigenvalue weighted by Crippen LogP contribution is 2.33. The summed E-state index contributed by atoms with van der Waals surface area (Å²) >= 11 is 3.65. The van der Waals surface area contributed by atoms with Crippen LogP contribution in [0.3, 0.4) is 0 Å². The van der Waals surface area contributed by atoms with Crippen LogP contribution in [-0.4, -0.2) is 17.7 Å². The van der Waals surface area contributed by atoms with E-state index in [9.17, 15) is 4.79 Å². The normalized spacial score (nSPS) is 11.4. The number of carbonyl (C=O) groups excluding carboxylic acids is 1. The SMILES string of the molecule is CCCC(CBr)(CCC)COc1cccc(C(C)=O)c1. The Hall–Kier alpha value is -0.830. The van der Waals surface area contributed by atoms with Crippen LogP contribution in [0.25, 0.3) is 0 Å². The highest BCUT2D eigenvalue weighted by atomic mass is 79.9. The minimum absolute atomic E-state index is 0.0734. The summed E-state index contributed by atoms with van der Waals surface area (Å²) in [6, 6.07) is 7.45. The summed E-state index contributed by atoms with van der Waals surface area (Å²) in [5, 5.41) is 0.952. The molecule has 0 unspecified atom stereocenters. The molecule has 2 nitrogen and oxygen atoms in total. The molecule has 0 amide bonds. The first kappa shape index (κ1) is 17.2. The van der Waals surface area contributed by atoms with Gasteiger partial charge in [0.25, 0.3) is 0 Å². The van der Waals surface area contributed by atoms with Crippen LogP contribution in [0.15, 0.2) is 24.3 Å². The van der Waals surface area contributed by atoms with Crippen molar-refractivity contribution in [3.05, 3.63) is 29.8 Å². The highest BCUT2D eigenvalue weighted by molar-refractivity contribution is 9.09. The van der Waals surface area contributed by atoms with Crippen molar-refractivity contribution in [2.75, 3.05) is 11.9 Å². The highest BCUT2D eigenvalue weighted by Gasteiger charge is 2.28. The Morgan fingerprint density at radius 1 is 1.25 bits per heavy atom. The van der Waals surface area contributed by atoms with Gasteiger partial charge in [-0.3, -0.25) is 4.79 Å². The molecule has 0 N–H and O–H groups in total. The molecule has 112 valence electrons. The molecule has 0 aliphatic rings. The standard InChI is InChI=1S/C17H25BrO2/c1-4-9-17(12-18,10-5-2)13-20-16-8-6-7-15(11-16)14(3)19/h6-8,11H,4-5,9-10,12-13H2,1-3H3. The molecule has 0 aromatic heterocycles. The van der Waals surface area contributed by atoms with E-state index in [0.29, 0.717) is 12.2 Å². The molecule has 0 bridgehead atoms. The molecule has 0 heterocycles. The van der Waals surface area contributed by atoms with E-state index in [1.165, 1.54) is 0 Å². The van der Waals surface area contributed by atoms with E-state index in [1.54, 1.807) is 6.92 Å². The monoisotopic (exact) mass is 340 g/mol. The molecule has 0 radical (unpaired) electrons. The Bertz CT molecular complexity index is 423. The average Bonchev–Trinajstić information content (AvgIpc) is 2.45. The van der Waals surface area contributed by atoms with Gasteiger partial charge in [-0.2, -0.15) is 0 Å². The van der Waals surface area contributed by atoms with Crippen molar-refractivity contribution in [2.45, 2.75) is 46.5 Å². The number of ether oxygens (including phenoxy) is 1. The molecule has 0 saturated heterocycles. The summed E-state index contributed by atoms with van der Waals surface area (Å²) < 4.78 is 5.98. The smallest absolute Gasteiger partial charge is 0.159 e. The Morgan fingerprint density at radius 2 is 1.90 bits per heavy atom. The van der Waals surface area contributed by atoms with E-state index in [2.05, 4.69) is 29.8 Å². The van der Waals surface area contributed by atoms with Crippen LogP contribution < -0.4 is 4.74 Å². The lowest BCUT2D eigenvalue weighted by molar-refractivity contribution is 0.101. The van der Waals surface area contributed by atoms with Crippen LogP contribution in [0.1, 0.15) is 56.8 Å². The summed E-state index contributed by atoms with van der Waals surface area (Å²) in [6.07, 6.45) is 4.61. The lowest BCUT2D eigenvalue weighted by Crippen LogP contribution is -2.30. The molecule has 0 aliphatic heterocycles. The number of hydrogen-bond acceptors (Lipinski definition) is 2. The zero-order valence-electron chi connectivity index (χ0n) is 12.7. The number of hydrogen-bond donors (Lipinski definition) is 0.